The monoisotopic (exact) mass is 299 g/mol. The molecule has 0 amide bonds. The van der Waals surface area contributed by atoms with Crippen molar-refractivity contribution in [2.24, 2.45) is 0 Å². The predicted molar refractivity (Wildman–Crippen MR) is 74.6 cm³/mol. The Balaban J connectivity index is 2.28. The molecule has 0 unspecified atom stereocenters. The summed E-state index contributed by atoms with van der Waals surface area (Å²) in [6.45, 7) is 2.56. The third-order valence-electron chi connectivity index (χ3n) is 2.55. The van der Waals surface area contributed by atoms with Gasteiger partial charge in [0.2, 0.25) is 0 Å². The molecule has 1 heterocycles. The lowest BCUT2D eigenvalue weighted by atomic mass is 10.2. The number of aromatic amines is 1. The third kappa shape index (κ3) is 3.20. The summed E-state index contributed by atoms with van der Waals surface area (Å²) in [5.41, 5.74) is 0.537. The molecule has 2 aromatic rings. The quantitative estimate of drug-likeness (QED) is 0.888. The number of aliphatic hydroxyl groups is 1. The number of benzene rings is 1. The van der Waals surface area contributed by atoms with E-state index < -0.39 is 0 Å². The van der Waals surface area contributed by atoms with Crippen LogP contribution in [0.4, 0.5) is 0 Å². The number of aromatic nitrogens is 3. The smallest absolute Gasteiger partial charge is 0.343 e. The third-order valence-corrected chi connectivity index (χ3v) is 4.05. The molecular formula is C12H14ClN3O2S. The van der Waals surface area contributed by atoms with Crippen molar-refractivity contribution in [2.75, 3.05) is 0 Å². The number of rotatable bonds is 5. The van der Waals surface area contributed by atoms with E-state index in [1.54, 1.807) is 16.7 Å². The fraction of sp³-hybridized carbons (Fsp3) is 0.333. The average Bonchev–Trinajstić information content (AvgIpc) is 2.74. The van der Waals surface area contributed by atoms with Crippen LogP contribution in [0.15, 0.2) is 33.0 Å². The molecule has 1 aromatic heterocycles. The van der Waals surface area contributed by atoms with E-state index in [1.165, 1.54) is 11.8 Å². The second kappa shape index (κ2) is 6.27. The van der Waals surface area contributed by atoms with Crippen LogP contribution in [0.1, 0.15) is 18.9 Å². The van der Waals surface area contributed by atoms with Crippen molar-refractivity contribution in [3.63, 3.8) is 0 Å². The molecule has 0 aliphatic rings. The zero-order valence-corrected chi connectivity index (χ0v) is 12.0. The highest BCUT2D eigenvalue weighted by molar-refractivity contribution is 7.99. The molecular weight excluding hydrogens is 286 g/mol. The summed E-state index contributed by atoms with van der Waals surface area (Å²) in [7, 11) is 0. The molecule has 2 N–H and O–H groups in total. The first-order valence-corrected chi connectivity index (χ1v) is 7.07. The van der Waals surface area contributed by atoms with Gasteiger partial charge in [-0.25, -0.2) is 9.89 Å². The molecule has 0 aliphatic heterocycles. The topological polar surface area (TPSA) is 70.9 Å². The Kier molecular flexibility index (Phi) is 4.68. The normalized spacial score (nSPS) is 10.9. The minimum atomic E-state index is -0.215. The molecule has 0 radical (unpaired) electrons. The van der Waals surface area contributed by atoms with E-state index in [4.69, 9.17) is 16.7 Å². The molecule has 0 fully saturated rings. The van der Waals surface area contributed by atoms with Gasteiger partial charge in [0.1, 0.15) is 0 Å². The zero-order chi connectivity index (χ0) is 13.8. The van der Waals surface area contributed by atoms with Gasteiger partial charge in [0, 0.05) is 11.4 Å². The summed E-state index contributed by atoms with van der Waals surface area (Å²) in [5, 5.41) is 16.6. The molecule has 0 atom stereocenters. The summed E-state index contributed by atoms with van der Waals surface area (Å²) in [5.74, 6) is 0. The molecule has 1 aromatic carbocycles. The minimum absolute atomic E-state index is 0.0480. The molecule has 0 aliphatic carbocycles. The first-order chi connectivity index (χ1) is 9.15. The molecule has 0 spiro atoms. The molecule has 19 heavy (non-hydrogen) atoms. The average molecular weight is 300 g/mol. The van der Waals surface area contributed by atoms with Gasteiger partial charge in [0.15, 0.2) is 5.16 Å². The first kappa shape index (κ1) is 14.2. The van der Waals surface area contributed by atoms with Crippen LogP contribution >= 0.6 is 23.4 Å². The number of aliphatic hydroxyl groups excluding tert-OH is 1. The number of nitrogens with one attached hydrogen (secondary N) is 1. The van der Waals surface area contributed by atoms with E-state index >= 15 is 0 Å². The van der Waals surface area contributed by atoms with Gasteiger partial charge in [-0.2, -0.15) is 0 Å². The summed E-state index contributed by atoms with van der Waals surface area (Å²) >= 11 is 7.46. The Bertz CT molecular complexity index is 624. The Hall–Kier alpha value is -1.24. The fourth-order valence-corrected chi connectivity index (χ4v) is 2.81. The van der Waals surface area contributed by atoms with Crippen molar-refractivity contribution < 1.29 is 5.11 Å². The van der Waals surface area contributed by atoms with Crippen LogP contribution in [0.5, 0.6) is 0 Å². The Morgan fingerprint density at radius 3 is 2.95 bits per heavy atom. The summed E-state index contributed by atoms with van der Waals surface area (Å²) < 4.78 is 1.58. The van der Waals surface area contributed by atoms with Gasteiger partial charge in [-0.1, -0.05) is 24.6 Å². The van der Waals surface area contributed by atoms with E-state index in [-0.39, 0.29) is 12.3 Å². The predicted octanol–water partition coefficient (Wildman–Crippen LogP) is 2.28. The van der Waals surface area contributed by atoms with Crippen molar-refractivity contribution in [3.05, 3.63) is 39.3 Å². The maximum absolute atomic E-state index is 11.6. The SMILES string of the molecule is CCCn1c(Sc2ccc(CO)cc2Cl)n[nH]c1=O. The van der Waals surface area contributed by atoms with Gasteiger partial charge in [-0.15, -0.1) is 5.10 Å². The molecule has 0 saturated carbocycles. The molecule has 0 bridgehead atoms. The van der Waals surface area contributed by atoms with Crippen LogP contribution in [0.25, 0.3) is 0 Å². The van der Waals surface area contributed by atoms with Gasteiger partial charge >= 0.3 is 5.69 Å². The number of hydrogen-bond donors (Lipinski definition) is 2. The van der Waals surface area contributed by atoms with Crippen LogP contribution in [0, 0.1) is 0 Å². The largest absolute Gasteiger partial charge is 0.392 e. The van der Waals surface area contributed by atoms with Crippen LogP contribution in [-0.2, 0) is 13.2 Å². The molecule has 5 nitrogen and oxygen atoms in total. The van der Waals surface area contributed by atoms with Gasteiger partial charge in [0.05, 0.1) is 11.6 Å². The molecule has 0 saturated heterocycles. The number of H-pyrrole nitrogens is 1. The number of nitrogens with zero attached hydrogens (tertiary/aromatic N) is 2. The van der Waals surface area contributed by atoms with Crippen molar-refractivity contribution in [1.82, 2.24) is 14.8 Å². The second-order valence-corrected chi connectivity index (χ2v) is 5.40. The van der Waals surface area contributed by atoms with Crippen LogP contribution in [0.2, 0.25) is 5.02 Å². The van der Waals surface area contributed by atoms with Gasteiger partial charge in [-0.05, 0) is 35.9 Å². The van der Waals surface area contributed by atoms with E-state index in [0.717, 1.165) is 16.9 Å². The highest BCUT2D eigenvalue weighted by Gasteiger charge is 2.11. The van der Waals surface area contributed by atoms with Crippen LogP contribution < -0.4 is 5.69 Å². The second-order valence-electron chi connectivity index (χ2n) is 3.99. The highest BCUT2D eigenvalue weighted by Crippen LogP contribution is 2.32. The minimum Gasteiger partial charge on any atom is -0.392 e. The zero-order valence-electron chi connectivity index (χ0n) is 10.4. The first-order valence-electron chi connectivity index (χ1n) is 5.88. The lowest BCUT2D eigenvalue weighted by Gasteiger charge is -2.06. The van der Waals surface area contributed by atoms with Gasteiger partial charge < -0.3 is 5.11 Å². The molecule has 102 valence electrons. The Labute approximate surface area is 119 Å². The van der Waals surface area contributed by atoms with Crippen molar-refractivity contribution in [1.29, 1.82) is 0 Å². The van der Waals surface area contributed by atoms with Gasteiger partial charge in [0.25, 0.3) is 0 Å². The summed E-state index contributed by atoms with van der Waals surface area (Å²) in [6, 6.07) is 5.32. The van der Waals surface area contributed by atoms with Crippen molar-refractivity contribution in [2.45, 2.75) is 36.5 Å². The van der Waals surface area contributed by atoms with Gasteiger partial charge in [-0.3, -0.25) is 4.57 Å². The summed E-state index contributed by atoms with van der Waals surface area (Å²) in [4.78, 5) is 12.4. The standard InChI is InChI=1S/C12H14ClN3O2S/c1-2-5-16-11(18)14-15-12(16)19-10-4-3-8(7-17)6-9(10)13/h3-4,6,17H,2,5,7H2,1H3,(H,14,18). The summed E-state index contributed by atoms with van der Waals surface area (Å²) in [6.07, 6.45) is 0.851. The van der Waals surface area contributed by atoms with E-state index in [9.17, 15) is 4.79 Å². The van der Waals surface area contributed by atoms with Crippen molar-refractivity contribution >= 4 is 23.4 Å². The number of hydrogen-bond acceptors (Lipinski definition) is 4. The molecule has 7 heteroatoms. The number of halogens is 1. The maximum Gasteiger partial charge on any atom is 0.343 e. The maximum atomic E-state index is 11.6. The van der Waals surface area contributed by atoms with E-state index in [1.807, 2.05) is 13.0 Å². The van der Waals surface area contributed by atoms with Crippen LogP contribution in [0.3, 0.4) is 0 Å². The highest BCUT2D eigenvalue weighted by atomic mass is 35.5. The molecule has 2 rings (SSSR count). The Morgan fingerprint density at radius 2 is 2.32 bits per heavy atom. The van der Waals surface area contributed by atoms with E-state index in [0.29, 0.717) is 16.7 Å². The lowest BCUT2D eigenvalue weighted by molar-refractivity contribution is 0.282. The van der Waals surface area contributed by atoms with Crippen LogP contribution in [-0.4, -0.2) is 19.9 Å². The lowest BCUT2D eigenvalue weighted by Crippen LogP contribution is -2.17. The van der Waals surface area contributed by atoms with E-state index in [2.05, 4.69) is 10.2 Å². The fourth-order valence-electron chi connectivity index (χ4n) is 1.63. The van der Waals surface area contributed by atoms with Crippen molar-refractivity contribution in [3.8, 4) is 0 Å². The Morgan fingerprint density at radius 1 is 1.53 bits per heavy atom.